The lowest BCUT2D eigenvalue weighted by molar-refractivity contribution is -0.162. The lowest BCUT2D eigenvalue weighted by Crippen LogP contribution is -2.36. The van der Waals surface area contributed by atoms with E-state index < -0.39 is 133 Å². The first-order valence-corrected chi connectivity index (χ1v) is 35.6. The highest BCUT2D eigenvalue weighted by Gasteiger charge is 2.38. The Labute approximate surface area is 711 Å². The minimum Gasteiger partial charge on any atom is -0.481 e. The van der Waals surface area contributed by atoms with Crippen LogP contribution < -0.4 is 22.8 Å². The second-order valence-corrected chi connectivity index (χ2v) is 26.6. The van der Waals surface area contributed by atoms with Crippen LogP contribution in [-0.4, -0.2) is 163 Å². The summed E-state index contributed by atoms with van der Waals surface area (Å²) < 4.78 is 189. The summed E-state index contributed by atoms with van der Waals surface area (Å²) in [5.74, 6) is -7.58. The number of ketones is 3. The summed E-state index contributed by atoms with van der Waals surface area (Å²) >= 11 is 31.8. The molecule has 0 radical (unpaired) electrons. The molecule has 666 valence electrons. The molecule has 9 N–H and O–H groups in total. The minimum absolute atomic E-state index is 0. The van der Waals surface area contributed by atoms with Gasteiger partial charge in [-0.05, 0) is 121 Å². The Morgan fingerprint density at radius 1 is 0.588 bits per heavy atom. The summed E-state index contributed by atoms with van der Waals surface area (Å²) in [6.07, 6.45) is -15.0. The van der Waals surface area contributed by atoms with Crippen LogP contribution in [0, 0.1) is 34.9 Å². The maximum Gasteiger partial charge on any atom is 0.403 e. The largest absolute Gasteiger partial charge is 0.481 e. The standard InChI is InChI=1S/C18H12ClF4N3O2.C11H11ClF3NO.C10H10ClF3N2O.C7H6FNO2.C5H5ClN2.C5H9ClO2.C5H7F3O2.C5H11NO.C4H8O.2CH4.ClHN4.ClH/c19-10-1-3-12(24-8-10)6-16(27)15(7-18(21,22)23)26-9-25-14-4-2-11(20)5-13(14)17(26)28;1-7(5-11(13,14)15)10(17)4-9-3-2-8(12)6-16-9;11-6-1-2-7(16-5-6)3-9(17)8(15)4-10(12,13)14;8-4-1-2-6(9)5(3-4)7(10)11;6-4-1-2-5(7)8-3-4;1-4(2)3-8-5(6)7;1-3(4(9)10)2-5(6,7)8;1-6-2-4-7-5-3-6;1-2-4-5-3-1;;;1-3-5-4-2;/h1-5,8-9,15H,6-7H2;2-3,6-7H,4-5H2,1H3;1-2,5,8H,3-4,15H2;1-3H,9H2,(H,10,11);1-3H,(H2,7,8);4H,3H2,1-2H3;3H,2H2,1H3,(H,9,10);2-5H2,1H3;1-4H2;2*1H4;2H;1H. The summed E-state index contributed by atoms with van der Waals surface area (Å²) in [5.41, 5.74) is 20.8. The molecule has 2 aliphatic rings. The molecule has 5 aromatic heterocycles. The van der Waals surface area contributed by atoms with E-state index in [0.29, 0.717) is 54.4 Å². The summed E-state index contributed by atoms with van der Waals surface area (Å²) in [6.45, 7) is 12.6. The normalized spacial score (nSPS) is 13.1. The average molecular weight is 1860 g/mol. The van der Waals surface area contributed by atoms with Crippen molar-refractivity contribution in [2.75, 3.05) is 64.6 Å². The van der Waals surface area contributed by atoms with E-state index in [1.807, 2.05) is 13.8 Å². The monoisotopic (exact) mass is 1850 g/mol. The van der Waals surface area contributed by atoms with Crippen molar-refractivity contribution >= 4 is 139 Å². The van der Waals surface area contributed by atoms with E-state index in [1.165, 1.54) is 87.0 Å². The summed E-state index contributed by atoms with van der Waals surface area (Å²) in [4.78, 5) is 99.6. The Morgan fingerprint density at radius 2 is 1.01 bits per heavy atom. The fourth-order valence-corrected chi connectivity index (χ4v) is 8.73. The zero-order valence-electron chi connectivity index (χ0n) is 62.3. The number of carbonyl (C=O) groups is 6. The number of benzene rings is 2. The highest BCUT2D eigenvalue weighted by atomic mass is 35.5. The number of morpholine rings is 1. The Morgan fingerprint density at radius 3 is 1.33 bits per heavy atom. The number of hydrogen-bond acceptors (Lipinski definition) is 21. The molecule has 2 aromatic carbocycles. The van der Waals surface area contributed by atoms with Crippen molar-refractivity contribution in [1.29, 1.82) is 5.53 Å². The van der Waals surface area contributed by atoms with E-state index in [1.54, 1.807) is 18.2 Å². The molecule has 2 fully saturated rings. The van der Waals surface area contributed by atoms with Crippen molar-refractivity contribution < 1.29 is 115 Å². The van der Waals surface area contributed by atoms with Gasteiger partial charge in [-0.2, -0.15) is 58.2 Å². The zero-order valence-corrected chi connectivity index (χ0v) is 67.7. The molecule has 9 rings (SSSR count). The molecule has 47 heteroatoms. The summed E-state index contributed by atoms with van der Waals surface area (Å²) in [5, 5.41) is 23.1. The lowest BCUT2D eigenvalue weighted by atomic mass is 9.98. The third-order valence-electron chi connectivity index (χ3n) is 13.9. The van der Waals surface area contributed by atoms with Gasteiger partial charge in [-0.3, -0.25) is 43.5 Å². The Balaban J connectivity index is -0.000000646. The molecule has 2 aliphatic heterocycles. The van der Waals surface area contributed by atoms with Crippen molar-refractivity contribution in [1.82, 2.24) is 34.4 Å². The molecule has 0 amide bonds. The number of aromatic nitrogens is 6. The van der Waals surface area contributed by atoms with Gasteiger partial charge in [0.1, 0.15) is 29.3 Å². The molecule has 119 heavy (non-hydrogen) atoms. The number of aromatic carboxylic acids is 1. The molecule has 7 heterocycles. The lowest BCUT2D eigenvalue weighted by Gasteiger charge is -2.21. The number of carboxylic acids is 2. The first-order chi connectivity index (χ1) is 53.8. The van der Waals surface area contributed by atoms with Crippen LogP contribution >= 0.6 is 82.2 Å². The third-order valence-corrected chi connectivity index (χ3v) is 15.0. The van der Waals surface area contributed by atoms with Crippen molar-refractivity contribution in [3.63, 3.8) is 0 Å². The van der Waals surface area contributed by atoms with Gasteiger partial charge in [-0.15, -0.1) is 12.4 Å². The second kappa shape index (κ2) is 60.7. The number of carbonyl (C=O) groups excluding carboxylic acids is 4. The van der Waals surface area contributed by atoms with Gasteiger partial charge in [0.15, 0.2) is 11.6 Å². The number of aliphatic carboxylic acids is 1. The van der Waals surface area contributed by atoms with E-state index in [2.05, 4.69) is 68.5 Å². The second-order valence-electron chi connectivity index (χ2n) is 24.4. The number of rotatable bonds is 19. The molecule has 0 aliphatic carbocycles. The smallest absolute Gasteiger partial charge is 0.403 e. The van der Waals surface area contributed by atoms with E-state index >= 15 is 0 Å². The first kappa shape index (κ1) is 117. The molecular formula is C72H89Cl7F14N14O12. The van der Waals surface area contributed by atoms with Gasteiger partial charge in [0, 0.05) is 97.8 Å². The fraction of sp³-hybridized carbons (Fsp3) is 0.444. The predicted molar refractivity (Wildman–Crippen MR) is 424 cm³/mol. The van der Waals surface area contributed by atoms with Gasteiger partial charge in [0.2, 0.25) is 0 Å². The van der Waals surface area contributed by atoms with Crippen LogP contribution in [0.5, 0.6) is 0 Å². The third kappa shape index (κ3) is 58.8. The van der Waals surface area contributed by atoms with Gasteiger partial charge >= 0.3 is 42.1 Å². The Bertz CT molecular complexity index is 4100. The van der Waals surface area contributed by atoms with Gasteiger partial charge in [0.25, 0.3) is 5.56 Å². The quantitative estimate of drug-likeness (QED) is 0.0144. The number of anilines is 2. The highest BCUT2D eigenvalue weighted by molar-refractivity contribution is 6.61. The Kier molecular flexibility index (Phi) is 59.5. The average Bonchev–Trinajstić information content (AvgIpc) is 0.863. The van der Waals surface area contributed by atoms with E-state index in [0.717, 1.165) is 77.0 Å². The number of pyridine rings is 4. The maximum absolute atomic E-state index is 13.5. The summed E-state index contributed by atoms with van der Waals surface area (Å²) in [7, 11) is 2.11. The summed E-state index contributed by atoms with van der Waals surface area (Å²) in [6, 6.07) is 15.3. The number of nitrogens with one attached hydrogen (secondary N) is 1. The molecule has 2 saturated heterocycles. The number of ether oxygens (including phenoxy) is 3. The number of alkyl halides is 12. The molecule has 0 spiro atoms. The number of halogens is 21. The molecular weight excluding hydrogens is 1770 g/mol. The number of Topliss-reactive ketones (excluding diaryl/α,β-unsaturated/α-hetero) is 3. The van der Waals surface area contributed by atoms with Crippen molar-refractivity contribution in [3.8, 4) is 0 Å². The Hall–Kier alpha value is -8.71. The van der Waals surface area contributed by atoms with Crippen LogP contribution in [0.4, 0.5) is 77.8 Å². The maximum atomic E-state index is 13.5. The number of nitrogens with zero attached hydrogens (tertiary/aromatic N) is 10. The van der Waals surface area contributed by atoms with Crippen molar-refractivity contribution in [2.24, 2.45) is 38.6 Å². The van der Waals surface area contributed by atoms with Crippen molar-refractivity contribution in [2.45, 2.75) is 137 Å². The number of carboxylic acid groups (broad SMARTS) is 2. The minimum atomic E-state index is -4.72. The topological polar surface area (TPSA) is 399 Å². The number of likely N-dealkylation sites (N-methyl/N-ethyl adjacent to an activating group) is 1. The first-order valence-electron chi connectivity index (χ1n) is 33.4. The predicted octanol–water partition coefficient (Wildman–Crippen LogP) is 19.5. The van der Waals surface area contributed by atoms with Crippen LogP contribution in [0.15, 0.2) is 136 Å². The highest BCUT2D eigenvalue weighted by Crippen LogP contribution is 2.30. The molecule has 4 unspecified atom stereocenters. The number of nitrogens with two attached hydrogens (primary N) is 3. The van der Waals surface area contributed by atoms with Gasteiger partial charge in [0.05, 0.1) is 125 Å². The van der Waals surface area contributed by atoms with Crippen LogP contribution in [0.3, 0.4) is 0 Å². The molecule has 7 aromatic rings. The molecule has 4 atom stereocenters. The van der Waals surface area contributed by atoms with E-state index in [4.69, 9.17) is 100 Å². The number of hydrogen-bond donors (Lipinski definition) is 6. The van der Waals surface area contributed by atoms with Crippen molar-refractivity contribution in [3.05, 3.63) is 181 Å². The van der Waals surface area contributed by atoms with Gasteiger partial charge in [-0.25, -0.2) is 28.3 Å². The van der Waals surface area contributed by atoms with Crippen LogP contribution in [0.1, 0.15) is 115 Å². The number of fused-ring (bicyclic) bond motifs is 1. The van der Waals surface area contributed by atoms with Gasteiger partial charge in [-0.1, -0.05) is 93.6 Å². The molecule has 0 saturated carbocycles. The SMILES string of the molecule is C.C.C1CCOC1.CC(C)COC(=O)Cl.CC(CC(F)(F)F)C(=O)Cc1ccc(Cl)cn1.CC(CC(F)(F)F)C(=O)O.CN1CCOCC1.Cl.N=NN=NCl.NC(CC(F)(F)F)C(=O)Cc1ccc(Cl)cn1.Nc1ccc(Cl)cn1.Nc1ccc(F)cc1C(=O)O.O=C(Cc1ccc(Cl)cn1)C(CC(F)(F)F)n1cnc2ccc(F)cc2c1=O. The number of nitrogen functional groups attached to an aromatic ring is 2. The van der Waals surface area contributed by atoms with Gasteiger partial charge < -0.3 is 46.5 Å². The van der Waals surface area contributed by atoms with Crippen LogP contribution in [-0.2, 0) is 52.7 Å². The molecule has 0 bridgehead atoms. The van der Waals surface area contributed by atoms with E-state index in [9.17, 15) is 95.0 Å². The zero-order chi connectivity index (χ0) is 88.7. The van der Waals surface area contributed by atoms with E-state index in [-0.39, 0.29) is 67.9 Å². The van der Waals surface area contributed by atoms with Crippen LogP contribution in [0.2, 0.25) is 20.1 Å². The molecule has 26 nitrogen and oxygen atoms in total. The van der Waals surface area contributed by atoms with Crippen LogP contribution in [0.25, 0.3) is 10.9 Å². The fourth-order valence-electron chi connectivity index (χ4n) is 8.18.